The SMILES string of the molecule is CN(c1ccc(C(N)=O)cc1)c1cccc(C(F)(F)F)c1-c1nnn(C)n1. The van der Waals surface area contributed by atoms with E-state index >= 15 is 0 Å². The Hall–Kier alpha value is -3.43. The van der Waals surface area contributed by atoms with Gasteiger partial charge in [-0.2, -0.15) is 18.0 Å². The second kappa shape index (κ2) is 6.71. The largest absolute Gasteiger partial charge is 0.417 e. The number of tetrazole rings is 1. The van der Waals surface area contributed by atoms with Crippen molar-refractivity contribution in [3.05, 3.63) is 53.6 Å². The van der Waals surface area contributed by atoms with E-state index in [1.54, 1.807) is 24.1 Å². The minimum absolute atomic E-state index is 0.138. The van der Waals surface area contributed by atoms with E-state index in [1.165, 1.54) is 31.3 Å². The summed E-state index contributed by atoms with van der Waals surface area (Å²) in [7, 11) is 3.08. The second-order valence-electron chi connectivity index (χ2n) is 5.77. The number of carbonyl (C=O) groups is 1. The highest BCUT2D eigenvalue weighted by molar-refractivity contribution is 5.93. The molecule has 0 atom stereocenters. The van der Waals surface area contributed by atoms with Crippen molar-refractivity contribution >= 4 is 17.3 Å². The van der Waals surface area contributed by atoms with E-state index in [9.17, 15) is 18.0 Å². The number of hydrogen-bond acceptors (Lipinski definition) is 5. The molecule has 2 N–H and O–H groups in total. The molecule has 27 heavy (non-hydrogen) atoms. The average molecular weight is 376 g/mol. The number of aryl methyl sites for hydroxylation is 1. The molecule has 0 saturated heterocycles. The normalized spacial score (nSPS) is 11.4. The van der Waals surface area contributed by atoms with Crippen molar-refractivity contribution in [1.82, 2.24) is 20.2 Å². The zero-order valence-electron chi connectivity index (χ0n) is 14.4. The average Bonchev–Trinajstić information content (AvgIpc) is 3.06. The van der Waals surface area contributed by atoms with Gasteiger partial charge in [0.2, 0.25) is 11.7 Å². The Bertz CT molecular complexity index is 981. The van der Waals surface area contributed by atoms with Gasteiger partial charge in [-0.3, -0.25) is 4.79 Å². The second-order valence-corrected chi connectivity index (χ2v) is 5.77. The van der Waals surface area contributed by atoms with Crippen LogP contribution in [0.5, 0.6) is 0 Å². The molecule has 0 unspecified atom stereocenters. The van der Waals surface area contributed by atoms with Gasteiger partial charge in [-0.15, -0.1) is 10.2 Å². The van der Waals surface area contributed by atoms with Crippen LogP contribution in [0.15, 0.2) is 42.5 Å². The fraction of sp³-hybridized carbons (Fsp3) is 0.176. The molecule has 10 heteroatoms. The molecule has 140 valence electrons. The van der Waals surface area contributed by atoms with Gasteiger partial charge in [-0.1, -0.05) is 6.07 Å². The predicted octanol–water partition coefficient (Wildman–Crippen LogP) is 2.76. The zero-order chi connectivity index (χ0) is 19.8. The van der Waals surface area contributed by atoms with Gasteiger partial charge < -0.3 is 10.6 Å². The first-order chi connectivity index (χ1) is 12.7. The summed E-state index contributed by atoms with van der Waals surface area (Å²) < 4.78 is 40.7. The lowest BCUT2D eigenvalue weighted by molar-refractivity contribution is -0.137. The van der Waals surface area contributed by atoms with Crippen molar-refractivity contribution in [2.75, 3.05) is 11.9 Å². The van der Waals surface area contributed by atoms with Gasteiger partial charge in [0.15, 0.2) is 0 Å². The molecule has 0 fully saturated rings. The molecule has 0 aliphatic rings. The van der Waals surface area contributed by atoms with Gasteiger partial charge in [0.1, 0.15) is 0 Å². The maximum Gasteiger partial charge on any atom is 0.417 e. The minimum atomic E-state index is -4.60. The third kappa shape index (κ3) is 3.59. The summed E-state index contributed by atoms with van der Waals surface area (Å²) in [6.45, 7) is 0. The molecule has 0 bridgehead atoms. The third-order valence-electron chi connectivity index (χ3n) is 3.98. The van der Waals surface area contributed by atoms with E-state index < -0.39 is 17.6 Å². The van der Waals surface area contributed by atoms with Crippen molar-refractivity contribution < 1.29 is 18.0 Å². The topological polar surface area (TPSA) is 89.9 Å². The maximum atomic E-state index is 13.6. The van der Waals surface area contributed by atoms with Gasteiger partial charge in [-0.05, 0) is 41.6 Å². The Morgan fingerprint density at radius 2 is 1.81 bits per heavy atom. The van der Waals surface area contributed by atoms with Gasteiger partial charge in [0.25, 0.3) is 0 Å². The zero-order valence-corrected chi connectivity index (χ0v) is 14.4. The molecular weight excluding hydrogens is 361 g/mol. The summed E-state index contributed by atoms with van der Waals surface area (Å²) in [4.78, 5) is 13.8. The first kappa shape index (κ1) is 18.4. The molecule has 0 aliphatic carbocycles. The summed E-state index contributed by atoms with van der Waals surface area (Å²) in [5, 5.41) is 11.3. The number of nitrogens with two attached hydrogens (primary N) is 1. The minimum Gasteiger partial charge on any atom is -0.366 e. The number of primary amides is 1. The van der Waals surface area contributed by atoms with Gasteiger partial charge >= 0.3 is 6.18 Å². The van der Waals surface area contributed by atoms with Crippen LogP contribution in [0, 0.1) is 0 Å². The summed E-state index contributed by atoms with van der Waals surface area (Å²) in [6.07, 6.45) is -4.60. The predicted molar refractivity (Wildman–Crippen MR) is 92.3 cm³/mol. The molecule has 0 radical (unpaired) electrons. The first-order valence-corrected chi connectivity index (χ1v) is 7.76. The standard InChI is InChI=1S/C17H15F3N6O/c1-25(11-8-6-10(7-9-11)15(21)27)13-5-3-4-12(17(18,19)20)14(13)16-22-24-26(2)23-16/h3-9H,1-2H3,(H2,21,27). The van der Waals surface area contributed by atoms with E-state index in [2.05, 4.69) is 15.4 Å². The quantitative estimate of drug-likeness (QED) is 0.756. The number of alkyl halides is 3. The van der Waals surface area contributed by atoms with Crippen molar-refractivity contribution in [2.45, 2.75) is 6.18 Å². The lowest BCUT2D eigenvalue weighted by Crippen LogP contribution is -2.16. The number of nitrogens with zero attached hydrogens (tertiary/aromatic N) is 5. The fourth-order valence-electron chi connectivity index (χ4n) is 2.66. The Balaban J connectivity index is 2.16. The van der Waals surface area contributed by atoms with E-state index in [0.29, 0.717) is 11.3 Å². The third-order valence-corrected chi connectivity index (χ3v) is 3.98. The number of aromatic nitrogens is 4. The molecule has 3 rings (SSSR count). The molecule has 1 amide bonds. The Kier molecular flexibility index (Phi) is 4.56. The van der Waals surface area contributed by atoms with Crippen molar-refractivity contribution in [1.29, 1.82) is 0 Å². The highest BCUT2D eigenvalue weighted by Crippen LogP contribution is 2.42. The number of benzene rings is 2. The van der Waals surface area contributed by atoms with Gasteiger partial charge in [0, 0.05) is 18.3 Å². The van der Waals surface area contributed by atoms with E-state index in [1.807, 2.05) is 0 Å². The number of halogens is 3. The number of amides is 1. The number of carbonyl (C=O) groups excluding carboxylic acids is 1. The summed E-state index contributed by atoms with van der Waals surface area (Å²) in [6, 6.07) is 10.0. The summed E-state index contributed by atoms with van der Waals surface area (Å²) in [5.41, 5.74) is 5.27. The van der Waals surface area contributed by atoms with E-state index in [0.717, 1.165) is 10.9 Å². The van der Waals surface area contributed by atoms with Crippen LogP contribution in [0.4, 0.5) is 24.5 Å². The molecule has 1 heterocycles. The molecule has 1 aromatic heterocycles. The lowest BCUT2D eigenvalue weighted by atomic mass is 10.0. The number of hydrogen-bond donors (Lipinski definition) is 1. The number of anilines is 2. The first-order valence-electron chi connectivity index (χ1n) is 7.76. The highest BCUT2D eigenvalue weighted by Gasteiger charge is 2.36. The molecule has 7 nitrogen and oxygen atoms in total. The molecule has 0 spiro atoms. The number of rotatable bonds is 4. The van der Waals surface area contributed by atoms with Crippen LogP contribution in [-0.2, 0) is 13.2 Å². The Morgan fingerprint density at radius 1 is 1.15 bits per heavy atom. The summed E-state index contributed by atoms with van der Waals surface area (Å²) in [5.74, 6) is -0.728. The van der Waals surface area contributed by atoms with Crippen LogP contribution in [0.2, 0.25) is 0 Å². The molecule has 0 aliphatic heterocycles. The van der Waals surface area contributed by atoms with E-state index in [-0.39, 0.29) is 17.1 Å². The Morgan fingerprint density at radius 3 is 2.33 bits per heavy atom. The lowest BCUT2D eigenvalue weighted by Gasteiger charge is -2.24. The van der Waals surface area contributed by atoms with Crippen molar-refractivity contribution in [2.24, 2.45) is 12.8 Å². The van der Waals surface area contributed by atoms with Crippen molar-refractivity contribution in [3.63, 3.8) is 0 Å². The molecule has 0 saturated carbocycles. The van der Waals surface area contributed by atoms with Gasteiger partial charge in [0.05, 0.1) is 23.9 Å². The van der Waals surface area contributed by atoms with Crippen LogP contribution >= 0.6 is 0 Å². The fourth-order valence-corrected chi connectivity index (χ4v) is 2.66. The smallest absolute Gasteiger partial charge is 0.366 e. The summed E-state index contributed by atoms with van der Waals surface area (Å²) >= 11 is 0. The van der Waals surface area contributed by atoms with Gasteiger partial charge in [-0.25, -0.2) is 0 Å². The van der Waals surface area contributed by atoms with Crippen LogP contribution in [-0.4, -0.2) is 33.2 Å². The van der Waals surface area contributed by atoms with Crippen LogP contribution in [0.25, 0.3) is 11.4 Å². The molecule has 2 aromatic carbocycles. The maximum absolute atomic E-state index is 13.6. The monoisotopic (exact) mass is 376 g/mol. The van der Waals surface area contributed by atoms with E-state index in [4.69, 9.17) is 5.73 Å². The molecule has 3 aromatic rings. The van der Waals surface area contributed by atoms with Crippen molar-refractivity contribution in [3.8, 4) is 11.4 Å². The molecular formula is C17H15F3N6O. The van der Waals surface area contributed by atoms with Crippen LogP contribution in [0.3, 0.4) is 0 Å². The Labute approximate surface area is 152 Å². The highest BCUT2D eigenvalue weighted by atomic mass is 19.4. The van der Waals surface area contributed by atoms with Crippen LogP contribution < -0.4 is 10.6 Å². The van der Waals surface area contributed by atoms with Crippen LogP contribution in [0.1, 0.15) is 15.9 Å².